The summed E-state index contributed by atoms with van der Waals surface area (Å²) < 4.78 is 0. The van der Waals surface area contributed by atoms with Gasteiger partial charge in [-0.15, -0.1) is 0 Å². The van der Waals surface area contributed by atoms with Crippen molar-refractivity contribution in [2.24, 2.45) is 0 Å². The fourth-order valence-corrected chi connectivity index (χ4v) is 3.15. The maximum absolute atomic E-state index is 13.0. The van der Waals surface area contributed by atoms with E-state index in [-0.39, 0.29) is 17.7 Å². The molecule has 6 nitrogen and oxygen atoms in total. The molecule has 3 aromatic rings. The number of carbonyl (C=O) groups excluding carboxylic acids is 1. The summed E-state index contributed by atoms with van der Waals surface area (Å²) in [6.45, 7) is 2.13. The molecule has 0 unspecified atom stereocenters. The Balaban J connectivity index is 1.84. The number of H-pyrrole nitrogens is 1. The van der Waals surface area contributed by atoms with Crippen molar-refractivity contribution in [1.29, 1.82) is 0 Å². The minimum absolute atomic E-state index is 0.0528. The van der Waals surface area contributed by atoms with Crippen LogP contribution in [-0.4, -0.2) is 38.1 Å². The van der Waals surface area contributed by atoms with Crippen LogP contribution in [0.15, 0.2) is 54.9 Å². The van der Waals surface area contributed by atoms with E-state index in [1.165, 1.54) is 0 Å². The van der Waals surface area contributed by atoms with E-state index >= 15 is 0 Å². The van der Waals surface area contributed by atoms with Crippen LogP contribution in [0, 0.1) is 0 Å². The predicted molar refractivity (Wildman–Crippen MR) is 104 cm³/mol. The van der Waals surface area contributed by atoms with Crippen LogP contribution in [0.1, 0.15) is 48.3 Å². The smallest absolute Gasteiger partial charge is 0.272 e. The second-order valence-electron chi connectivity index (χ2n) is 6.54. The second kappa shape index (κ2) is 8.49. The van der Waals surface area contributed by atoms with Crippen LogP contribution in [0.4, 0.5) is 0 Å². The highest BCUT2D eigenvalue weighted by Gasteiger charge is 2.24. The highest BCUT2D eigenvalue weighted by atomic mass is 16.3. The van der Waals surface area contributed by atoms with Gasteiger partial charge in [-0.05, 0) is 36.2 Å². The number of nitrogens with one attached hydrogen (secondary N) is 1. The zero-order valence-electron chi connectivity index (χ0n) is 15.6. The van der Waals surface area contributed by atoms with Crippen molar-refractivity contribution in [2.45, 2.75) is 32.2 Å². The molecule has 0 aliphatic rings. The van der Waals surface area contributed by atoms with Crippen LogP contribution >= 0.6 is 0 Å². The Morgan fingerprint density at radius 1 is 1.26 bits per heavy atom. The highest BCUT2D eigenvalue weighted by Crippen LogP contribution is 2.29. The third-order valence-electron chi connectivity index (χ3n) is 4.68. The Bertz CT molecular complexity index is 892. The number of unbranched alkanes of at least 4 members (excludes halogenated alkanes) is 1. The maximum Gasteiger partial charge on any atom is 0.272 e. The molecule has 2 N–H and O–H groups in total. The number of aromatic hydroxyl groups is 1. The summed E-state index contributed by atoms with van der Waals surface area (Å²) in [6.07, 6.45) is 6.48. The number of amides is 1. The molecule has 0 radical (unpaired) electrons. The molecule has 0 spiro atoms. The Hall–Kier alpha value is -3.15. The number of benzene rings is 1. The first-order valence-corrected chi connectivity index (χ1v) is 9.12. The lowest BCUT2D eigenvalue weighted by molar-refractivity contribution is 0.0714. The lowest BCUT2D eigenvalue weighted by Gasteiger charge is -2.28. The van der Waals surface area contributed by atoms with Gasteiger partial charge in [-0.3, -0.25) is 14.9 Å². The molecule has 0 fully saturated rings. The number of pyridine rings is 1. The first kappa shape index (κ1) is 18.6. The van der Waals surface area contributed by atoms with E-state index in [4.69, 9.17) is 0 Å². The molecule has 0 saturated heterocycles. The highest BCUT2D eigenvalue weighted by molar-refractivity contribution is 5.93. The molecule has 140 valence electrons. The molecule has 3 rings (SSSR count). The number of nitrogens with zero attached hydrogens (tertiary/aromatic N) is 3. The van der Waals surface area contributed by atoms with Gasteiger partial charge in [-0.25, -0.2) is 0 Å². The van der Waals surface area contributed by atoms with Crippen LogP contribution in [0.25, 0.3) is 11.3 Å². The van der Waals surface area contributed by atoms with Gasteiger partial charge in [0.15, 0.2) is 0 Å². The molecule has 2 aromatic heterocycles. The van der Waals surface area contributed by atoms with E-state index in [2.05, 4.69) is 22.1 Å². The first-order valence-electron chi connectivity index (χ1n) is 9.12. The van der Waals surface area contributed by atoms with Crippen LogP contribution in [0.3, 0.4) is 0 Å². The van der Waals surface area contributed by atoms with Crippen molar-refractivity contribution in [1.82, 2.24) is 20.1 Å². The third kappa shape index (κ3) is 4.16. The van der Waals surface area contributed by atoms with Crippen LogP contribution < -0.4 is 0 Å². The zero-order valence-corrected chi connectivity index (χ0v) is 15.6. The van der Waals surface area contributed by atoms with E-state index < -0.39 is 0 Å². The maximum atomic E-state index is 13.0. The molecule has 1 atom stereocenters. The number of para-hydroxylation sites is 1. The number of phenols is 1. The average molecular weight is 364 g/mol. The molecular formula is C21H24N4O2. The summed E-state index contributed by atoms with van der Waals surface area (Å²) in [7, 11) is 1.80. The number of aromatic amines is 1. The van der Waals surface area contributed by atoms with Gasteiger partial charge in [0, 0.05) is 25.0 Å². The van der Waals surface area contributed by atoms with Gasteiger partial charge in [-0.1, -0.05) is 38.0 Å². The van der Waals surface area contributed by atoms with Gasteiger partial charge >= 0.3 is 0 Å². The molecule has 6 heteroatoms. The van der Waals surface area contributed by atoms with Crippen molar-refractivity contribution in [3.63, 3.8) is 0 Å². The van der Waals surface area contributed by atoms with E-state index in [1.54, 1.807) is 42.4 Å². The Morgan fingerprint density at radius 2 is 2.07 bits per heavy atom. The van der Waals surface area contributed by atoms with E-state index in [0.717, 1.165) is 24.8 Å². The van der Waals surface area contributed by atoms with Crippen molar-refractivity contribution in [3.8, 4) is 17.0 Å². The molecule has 1 aromatic carbocycles. The number of carbonyl (C=O) groups is 1. The van der Waals surface area contributed by atoms with Gasteiger partial charge < -0.3 is 10.0 Å². The summed E-state index contributed by atoms with van der Waals surface area (Å²) in [5.74, 6) is -0.0123. The van der Waals surface area contributed by atoms with E-state index in [9.17, 15) is 9.90 Å². The van der Waals surface area contributed by atoms with Gasteiger partial charge in [0.05, 0.1) is 11.7 Å². The summed E-state index contributed by atoms with van der Waals surface area (Å²) in [4.78, 5) is 19.0. The fraction of sp³-hybridized carbons (Fsp3) is 0.286. The largest absolute Gasteiger partial charge is 0.507 e. The average Bonchev–Trinajstić information content (AvgIpc) is 3.18. The van der Waals surface area contributed by atoms with Crippen molar-refractivity contribution >= 4 is 5.91 Å². The topological polar surface area (TPSA) is 82.1 Å². The molecule has 0 aliphatic heterocycles. The van der Waals surface area contributed by atoms with Gasteiger partial charge in [0.2, 0.25) is 0 Å². The van der Waals surface area contributed by atoms with Crippen molar-refractivity contribution < 1.29 is 9.90 Å². The van der Waals surface area contributed by atoms with Gasteiger partial charge in [0.1, 0.15) is 11.4 Å². The summed E-state index contributed by atoms with van der Waals surface area (Å²) in [5, 5.41) is 17.0. The van der Waals surface area contributed by atoms with Crippen molar-refractivity contribution in [3.05, 3.63) is 66.1 Å². The molecule has 1 amide bonds. The minimum Gasteiger partial charge on any atom is -0.507 e. The number of phenolic OH excluding ortho intramolecular Hbond substituents is 1. The van der Waals surface area contributed by atoms with E-state index in [0.29, 0.717) is 17.0 Å². The standard InChI is InChI=1S/C21H24N4O2/c1-3-4-10-19(15-8-7-12-22-14-15)25(2)21(27)18-13-17(23-24-18)16-9-5-6-11-20(16)26/h5-9,11-14,19,26H,3-4,10H2,1-2H3,(H,23,24)/t19-/m1/s1. The van der Waals surface area contributed by atoms with Gasteiger partial charge in [-0.2, -0.15) is 5.10 Å². The van der Waals surface area contributed by atoms with Crippen LogP contribution in [0.5, 0.6) is 5.75 Å². The predicted octanol–water partition coefficient (Wildman–Crippen LogP) is 4.18. The SMILES string of the molecule is CCCC[C@H](c1cccnc1)N(C)C(=O)c1cc(-c2ccccc2O)n[nH]1. The number of aromatic nitrogens is 3. The lowest BCUT2D eigenvalue weighted by atomic mass is 10.0. The zero-order chi connectivity index (χ0) is 19.2. The summed E-state index contributed by atoms with van der Waals surface area (Å²) in [5.41, 5.74) is 2.53. The van der Waals surface area contributed by atoms with Crippen molar-refractivity contribution in [2.75, 3.05) is 7.05 Å². The summed E-state index contributed by atoms with van der Waals surface area (Å²) >= 11 is 0. The molecule has 2 heterocycles. The second-order valence-corrected chi connectivity index (χ2v) is 6.54. The molecule has 0 aliphatic carbocycles. The van der Waals surface area contributed by atoms with Crippen LogP contribution in [0.2, 0.25) is 0 Å². The molecule has 27 heavy (non-hydrogen) atoms. The quantitative estimate of drug-likeness (QED) is 0.659. The number of hydrogen-bond acceptors (Lipinski definition) is 4. The monoisotopic (exact) mass is 364 g/mol. The Kier molecular flexibility index (Phi) is 5.86. The lowest BCUT2D eigenvalue weighted by Crippen LogP contribution is -2.31. The number of hydrogen-bond donors (Lipinski definition) is 2. The molecular weight excluding hydrogens is 340 g/mol. The van der Waals surface area contributed by atoms with E-state index in [1.807, 2.05) is 24.4 Å². The first-order chi connectivity index (χ1) is 13.1. The van der Waals surface area contributed by atoms with Crippen LogP contribution in [-0.2, 0) is 0 Å². The number of rotatable bonds is 7. The Labute approximate surface area is 158 Å². The minimum atomic E-state index is -0.144. The normalized spacial score (nSPS) is 11.9. The molecule has 0 saturated carbocycles. The Morgan fingerprint density at radius 3 is 2.78 bits per heavy atom. The fourth-order valence-electron chi connectivity index (χ4n) is 3.15. The van der Waals surface area contributed by atoms with Gasteiger partial charge in [0.25, 0.3) is 5.91 Å². The molecule has 0 bridgehead atoms. The third-order valence-corrected chi connectivity index (χ3v) is 4.68. The summed E-state index contributed by atoms with van der Waals surface area (Å²) in [6, 6.07) is 12.4.